The Morgan fingerprint density at radius 1 is 1.15 bits per heavy atom. The van der Waals surface area contributed by atoms with Crippen LogP contribution in [0.2, 0.25) is 0 Å². The van der Waals surface area contributed by atoms with Crippen LogP contribution in [0.15, 0.2) is 42.7 Å². The minimum absolute atomic E-state index is 0.483. The summed E-state index contributed by atoms with van der Waals surface area (Å²) >= 11 is 0. The summed E-state index contributed by atoms with van der Waals surface area (Å²) in [5.41, 5.74) is 7.36. The topological polar surface area (TPSA) is 21.1 Å². The Morgan fingerprint density at radius 2 is 1.96 bits per heavy atom. The molecule has 2 aliphatic heterocycles. The highest BCUT2D eigenvalue weighted by atomic mass is 15.2. The summed E-state index contributed by atoms with van der Waals surface area (Å²) in [6.07, 6.45) is 7.66. The molecule has 2 bridgehead atoms. The first-order chi connectivity index (χ1) is 12.6. The summed E-state index contributed by atoms with van der Waals surface area (Å²) in [4.78, 5) is 6.80. The average Bonchev–Trinajstić information content (AvgIpc) is 3.06. The molecule has 0 aliphatic carbocycles. The van der Waals surface area contributed by atoms with Crippen LogP contribution in [-0.2, 0) is 13.0 Å². The average molecular weight is 345 g/mol. The zero-order chi connectivity index (χ0) is 17.8. The highest BCUT2D eigenvalue weighted by molar-refractivity contribution is 5.87. The van der Waals surface area contributed by atoms with E-state index in [0.29, 0.717) is 18.0 Å². The number of benzene rings is 1. The molecule has 26 heavy (non-hydrogen) atoms. The van der Waals surface area contributed by atoms with E-state index in [1.807, 2.05) is 12.4 Å². The van der Waals surface area contributed by atoms with Gasteiger partial charge in [0.15, 0.2) is 0 Å². The minimum atomic E-state index is 0.483. The van der Waals surface area contributed by atoms with Gasteiger partial charge in [-0.3, -0.25) is 9.88 Å². The van der Waals surface area contributed by atoms with Crippen LogP contribution in [0.25, 0.3) is 10.9 Å². The lowest BCUT2D eigenvalue weighted by Crippen LogP contribution is -2.34. The highest BCUT2D eigenvalue weighted by Crippen LogP contribution is 2.47. The van der Waals surface area contributed by atoms with Gasteiger partial charge in [0, 0.05) is 54.0 Å². The number of rotatable bonds is 3. The van der Waals surface area contributed by atoms with Crippen molar-refractivity contribution in [2.45, 2.75) is 57.7 Å². The van der Waals surface area contributed by atoms with Gasteiger partial charge < -0.3 is 4.57 Å². The van der Waals surface area contributed by atoms with Gasteiger partial charge >= 0.3 is 0 Å². The Balaban J connectivity index is 1.65. The molecule has 4 heterocycles. The van der Waals surface area contributed by atoms with Gasteiger partial charge in [0.2, 0.25) is 0 Å². The molecular formula is C23H27N3. The molecule has 0 spiro atoms. The number of aromatic nitrogens is 2. The largest absolute Gasteiger partial charge is 0.344 e. The zero-order valence-corrected chi connectivity index (χ0v) is 15.9. The summed E-state index contributed by atoms with van der Waals surface area (Å²) in [5.74, 6) is 0.483. The van der Waals surface area contributed by atoms with Crippen molar-refractivity contribution in [1.82, 2.24) is 14.5 Å². The zero-order valence-electron chi connectivity index (χ0n) is 15.9. The van der Waals surface area contributed by atoms with Crippen molar-refractivity contribution in [3.63, 3.8) is 0 Å². The molecule has 0 radical (unpaired) electrons. The molecule has 3 heteroatoms. The maximum Gasteiger partial charge on any atom is 0.0486 e. The summed E-state index contributed by atoms with van der Waals surface area (Å²) in [7, 11) is 2.32. The molecule has 3 nitrogen and oxygen atoms in total. The number of likely N-dealkylation sites (N-methyl/N-ethyl adjacent to an activating group) is 1. The number of fused-ring (bicyclic) bond motifs is 6. The van der Waals surface area contributed by atoms with Gasteiger partial charge in [0.1, 0.15) is 0 Å². The minimum Gasteiger partial charge on any atom is -0.344 e. The van der Waals surface area contributed by atoms with Gasteiger partial charge in [-0.2, -0.15) is 0 Å². The lowest BCUT2D eigenvalue weighted by atomic mass is 9.96. The van der Waals surface area contributed by atoms with E-state index in [-0.39, 0.29) is 0 Å². The van der Waals surface area contributed by atoms with Crippen LogP contribution in [0.1, 0.15) is 54.1 Å². The second kappa shape index (κ2) is 5.95. The van der Waals surface area contributed by atoms with E-state index in [1.165, 1.54) is 41.3 Å². The molecule has 1 fully saturated rings. The molecule has 0 amide bonds. The number of aryl methyl sites for hydroxylation is 1. The predicted molar refractivity (Wildman–Crippen MR) is 107 cm³/mol. The van der Waals surface area contributed by atoms with Crippen LogP contribution in [-0.4, -0.2) is 27.5 Å². The summed E-state index contributed by atoms with van der Waals surface area (Å²) in [5, 5.41) is 1.49. The fourth-order valence-electron chi connectivity index (χ4n) is 5.25. The van der Waals surface area contributed by atoms with E-state index >= 15 is 0 Å². The standard InChI is InChI=1S/C23H27N3/c1-15-4-6-20-19(12-15)23-21-7-5-18(25(21)3)13-22(23)26(20)14-16(2)17-8-10-24-11-9-17/h4,6,8-12,16,18,21H,5,7,13-14H2,1-3H3. The molecule has 2 aromatic heterocycles. The Bertz CT molecular complexity index is 956. The molecule has 1 saturated heterocycles. The molecule has 134 valence electrons. The third kappa shape index (κ3) is 2.34. The molecule has 3 unspecified atom stereocenters. The number of hydrogen-bond acceptors (Lipinski definition) is 2. The monoisotopic (exact) mass is 345 g/mol. The first-order valence-corrected chi connectivity index (χ1v) is 9.87. The van der Waals surface area contributed by atoms with Crippen molar-refractivity contribution in [3.8, 4) is 0 Å². The summed E-state index contributed by atoms with van der Waals surface area (Å²) in [6, 6.07) is 12.7. The Labute approximate surface area is 155 Å². The van der Waals surface area contributed by atoms with Gasteiger partial charge in [-0.05, 0) is 68.1 Å². The van der Waals surface area contributed by atoms with Crippen molar-refractivity contribution >= 4 is 10.9 Å². The maximum absolute atomic E-state index is 4.18. The van der Waals surface area contributed by atoms with Crippen molar-refractivity contribution in [3.05, 3.63) is 65.1 Å². The van der Waals surface area contributed by atoms with Crippen LogP contribution in [0.5, 0.6) is 0 Å². The van der Waals surface area contributed by atoms with Crippen LogP contribution in [0.4, 0.5) is 0 Å². The van der Waals surface area contributed by atoms with E-state index in [9.17, 15) is 0 Å². The molecule has 2 aliphatic rings. The van der Waals surface area contributed by atoms with Gasteiger partial charge in [-0.1, -0.05) is 18.6 Å². The number of pyridine rings is 1. The van der Waals surface area contributed by atoms with Crippen molar-refractivity contribution < 1.29 is 0 Å². The Hall–Kier alpha value is -2.13. The third-order valence-electron chi connectivity index (χ3n) is 6.70. The SMILES string of the molecule is Cc1ccc2c(c1)c1c(n2CC(C)c2ccncc2)CC2CCC1N2C. The van der Waals surface area contributed by atoms with Gasteiger partial charge in [0.25, 0.3) is 0 Å². The molecule has 3 aromatic rings. The summed E-state index contributed by atoms with van der Waals surface area (Å²) < 4.78 is 2.63. The normalized spacial score (nSPS) is 23.3. The molecule has 0 saturated carbocycles. The van der Waals surface area contributed by atoms with E-state index < -0.39 is 0 Å². The first kappa shape index (κ1) is 16.1. The fourth-order valence-corrected chi connectivity index (χ4v) is 5.25. The highest BCUT2D eigenvalue weighted by Gasteiger charge is 2.40. The Kier molecular flexibility index (Phi) is 3.68. The summed E-state index contributed by atoms with van der Waals surface area (Å²) in [6.45, 7) is 5.60. The van der Waals surface area contributed by atoms with Crippen molar-refractivity contribution in [2.24, 2.45) is 0 Å². The van der Waals surface area contributed by atoms with E-state index in [0.717, 1.165) is 6.54 Å². The Morgan fingerprint density at radius 3 is 2.77 bits per heavy atom. The molecule has 0 N–H and O–H groups in total. The lowest BCUT2D eigenvalue weighted by molar-refractivity contribution is 0.221. The molecule has 3 atom stereocenters. The number of nitrogens with zero attached hydrogens (tertiary/aromatic N) is 3. The number of hydrogen-bond donors (Lipinski definition) is 0. The molecule has 5 rings (SSSR count). The van der Waals surface area contributed by atoms with Crippen molar-refractivity contribution in [2.75, 3.05) is 7.05 Å². The van der Waals surface area contributed by atoms with Crippen LogP contribution in [0.3, 0.4) is 0 Å². The van der Waals surface area contributed by atoms with Crippen molar-refractivity contribution in [1.29, 1.82) is 0 Å². The maximum atomic E-state index is 4.18. The first-order valence-electron chi connectivity index (χ1n) is 9.87. The molecular weight excluding hydrogens is 318 g/mol. The predicted octanol–water partition coefficient (Wildman–Crippen LogP) is 4.84. The quantitative estimate of drug-likeness (QED) is 0.677. The molecule has 1 aromatic carbocycles. The van der Waals surface area contributed by atoms with E-state index in [2.05, 4.69) is 65.7 Å². The van der Waals surface area contributed by atoms with Gasteiger partial charge in [-0.15, -0.1) is 0 Å². The second-order valence-electron chi connectivity index (χ2n) is 8.29. The smallest absolute Gasteiger partial charge is 0.0486 e. The lowest BCUT2D eigenvalue weighted by Gasteiger charge is -2.32. The van der Waals surface area contributed by atoms with Gasteiger partial charge in [-0.25, -0.2) is 0 Å². The van der Waals surface area contributed by atoms with E-state index in [1.54, 1.807) is 11.3 Å². The van der Waals surface area contributed by atoms with Crippen LogP contribution >= 0.6 is 0 Å². The van der Waals surface area contributed by atoms with Crippen LogP contribution < -0.4 is 0 Å². The van der Waals surface area contributed by atoms with Gasteiger partial charge in [0.05, 0.1) is 0 Å². The van der Waals surface area contributed by atoms with E-state index in [4.69, 9.17) is 0 Å². The van der Waals surface area contributed by atoms with Crippen LogP contribution in [0, 0.1) is 6.92 Å². The fraction of sp³-hybridized carbons (Fsp3) is 0.435. The third-order valence-corrected chi connectivity index (χ3v) is 6.70. The second-order valence-corrected chi connectivity index (χ2v) is 8.29.